The van der Waals surface area contributed by atoms with Gasteiger partial charge in [-0.05, 0) is 66.0 Å². The van der Waals surface area contributed by atoms with Crippen LogP contribution in [0.5, 0.6) is 5.75 Å². The Morgan fingerprint density at radius 3 is 2.90 bits per heavy atom. The number of halogens is 1. The van der Waals surface area contributed by atoms with Gasteiger partial charge in [-0.1, -0.05) is 34.7 Å². The lowest BCUT2D eigenvalue weighted by atomic mass is 9.78. The van der Waals surface area contributed by atoms with Crippen LogP contribution in [0.2, 0.25) is 6.32 Å². The summed E-state index contributed by atoms with van der Waals surface area (Å²) in [5.74, 6) is 0.181. The molecule has 1 aromatic heterocycles. The highest BCUT2D eigenvalue weighted by Gasteiger charge is 2.28. The van der Waals surface area contributed by atoms with Gasteiger partial charge in [0.2, 0.25) is 0 Å². The number of allylic oxidation sites excluding steroid dienone is 2. The van der Waals surface area contributed by atoms with Crippen LogP contribution in [0.1, 0.15) is 24.1 Å². The molecule has 7 heteroatoms. The van der Waals surface area contributed by atoms with Crippen LogP contribution in [0.3, 0.4) is 0 Å². The maximum atomic E-state index is 10.2. The molecule has 0 bridgehead atoms. The minimum atomic E-state index is -0.869. The molecule has 1 aromatic carbocycles. The normalized spacial score (nSPS) is 17.2. The van der Waals surface area contributed by atoms with Gasteiger partial charge < -0.3 is 19.9 Å². The van der Waals surface area contributed by atoms with Crippen molar-refractivity contribution in [1.29, 1.82) is 0 Å². The summed E-state index contributed by atoms with van der Waals surface area (Å²) in [6.45, 7) is 3.75. The second kappa shape index (κ2) is 10.0. The fourth-order valence-electron chi connectivity index (χ4n) is 3.31. The zero-order valence-electron chi connectivity index (χ0n) is 16.0. The van der Waals surface area contributed by atoms with Crippen molar-refractivity contribution in [3.63, 3.8) is 0 Å². The lowest BCUT2D eigenvalue weighted by molar-refractivity contribution is 0.182. The number of aromatic nitrogens is 1. The predicted molar refractivity (Wildman–Crippen MR) is 119 cm³/mol. The molecule has 29 heavy (non-hydrogen) atoms. The van der Waals surface area contributed by atoms with Gasteiger partial charge >= 0.3 is 7.12 Å². The number of aliphatic hydroxyl groups excluding tert-OH is 1. The molecule has 0 fully saturated rings. The number of phenols is 1. The average molecular weight is 456 g/mol. The Morgan fingerprint density at radius 1 is 1.34 bits per heavy atom. The van der Waals surface area contributed by atoms with E-state index in [1.165, 1.54) is 0 Å². The molecule has 0 amide bonds. The number of rotatable bonds is 7. The molecule has 0 saturated heterocycles. The number of aliphatic hydroxyl groups is 1. The molecule has 3 rings (SSSR count). The van der Waals surface area contributed by atoms with Crippen molar-refractivity contribution >= 4 is 34.7 Å². The average Bonchev–Trinajstić information content (AvgIpc) is 2.73. The van der Waals surface area contributed by atoms with E-state index in [-0.39, 0.29) is 18.5 Å². The van der Waals surface area contributed by atoms with E-state index in [1.807, 2.05) is 36.4 Å². The third kappa shape index (κ3) is 5.67. The highest BCUT2D eigenvalue weighted by atomic mass is 79.9. The second-order valence-electron chi connectivity index (χ2n) is 6.86. The van der Waals surface area contributed by atoms with Crippen LogP contribution >= 0.6 is 15.9 Å². The van der Waals surface area contributed by atoms with Crippen LogP contribution in [0, 0.1) is 0 Å². The van der Waals surface area contributed by atoms with Gasteiger partial charge in [0.25, 0.3) is 0 Å². The standard InChI is InChI=1S/C22H23BBrNO4/c1-15(14-26)19-9-10-23(28)29-22(19)8-5-16(20-4-2-3-11-25-20)12-17-13-18(24)6-7-21(17)27/h2-4,6-7,9,11-13,22,26-28H,1,5,8,10,14H2/b16-12-. The number of aromatic hydroxyl groups is 1. The van der Waals surface area contributed by atoms with Gasteiger partial charge in [0.1, 0.15) is 5.75 Å². The van der Waals surface area contributed by atoms with Crippen molar-refractivity contribution in [2.75, 3.05) is 6.61 Å². The Balaban J connectivity index is 1.89. The Morgan fingerprint density at radius 2 is 2.17 bits per heavy atom. The fraction of sp³-hybridized carbons (Fsp3) is 0.227. The molecule has 1 aliphatic rings. The van der Waals surface area contributed by atoms with Crippen molar-refractivity contribution in [2.45, 2.75) is 25.3 Å². The molecule has 1 aliphatic heterocycles. The lowest BCUT2D eigenvalue weighted by Gasteiger charge is -2.28. The summed E-state index contributed by atoms with van der Waals surface area (Å²) < 4.78 is 6.58. The van der Waals surface area contributed by atoms with Crippen LogP contribution < -0.4 is 0 Å². The van der Waals surface area contributed by atoms with Crippen molar-refractivity contribution in [2.24, 2.45) is 0 Å². The van der Waals surface area contributed by atoms with Gasteiger partial charge in [-0.25, -0.2) is 0 Å². The van der Waals surface area contributed by atoms with Crippen LogP contribution in [-0.2, 0) is 4.65 Å². The number of benzene rings is 1. The van der Waals surface area contributed by atoms with Crippen molar-refractivity contribution in [3.8, 4) is 5.75 Å². The van der Waals surface area contributed by atoms with E-state index in [9.17, 15) is 15.2 Å². The molecule has 3 N–H and O–H groups in total. The molecule has 1 unspecified atom stereocenters. The monoisotopic (exact) mass is 455 g/mol. The molecule has 1 atom stereocenters. The van der Waals surface area contributed by atoms with Gasteiger partial charge in [-0.15, -0.1) is 0 Å². The Hall–Kier alpha value is -2.19. The largest absolute Gasteiger partial charge is 0.507 e. The summed E-state index contributed by atoms with van der Waals surface area (Å²) in [5, 5.41) is 29.6. The fourth-order valence-corrected chi connectivity index (χ4v) is 3.69. The third-order valence-corrected chi connectivity index (χ3v) is 5.29. The lowest BCUT2D eigenvalue weighted by Crippen LogP contribution is -2.32. The van der Waals surface area contributed by atoms with Gasteiger partial charge in [-0.2, -0.15) is 0 Å². The summed E-state index contributed by atoms with van der Waals surface area (Å²) in [4.78, 5) is 4.45. The first-order valence-electron chi connectivity index (χ1n) is 9.41. The number of hydrogen-bond acceptors (Lipinski definition) is 5. The van der Waals surface area contributed by atoms with Gasteiger partial charge in [0.05, 0.1) is 18.4 Å². The Bertz CT molecular complexity index is 930. The highest BCUT2D eigenvalue weighted by molar-refractivity contribution is 9.10. The maximum absolute atomic E-state index is 10.2. The molecule has 0 spiro atoms. The minimum Gasteiger partial charge on any atom is -0.507 e. The molecule has 5 nitrogen and oxygen atoms in total. The van der Waals surface area contributed by atoms with E-state index in [2.05, 4.69) is 27.5 Å². The smallest absolute Gasteiger partial charge is 0.458 e. The van der Waals surface area contributed by atoms with Crippen molar-refractivity contribution in [1.82, 2.24) is 4.98 Å². The number of phenolic OH excluding ortho intramolecular Hbond substituents is 1. The molecule has 2 heterocycles. The molecule has 0 saturated carbocycles. The number of pyridine rings is 1. The number of nitrogens with zero attached hydrogens (tertiary/aromatic N) is 1. The van der Waals surface area contributed by atoms with E-state index in [4.69, 9.17) is 4.65 Å². The first-order chi connectivity index (χ1) is 14.0. The number of hydrogen-bond donors (Lipinski definition) is 3. The topological polar surface area (TPSA) is 82.8 Å². The van der Waals surface area contributed by atoms with Crippen LogP contribution in [0.15, 0.2) is 70.9 Å². The third-order valence-electron chi connectivity index (χ3n) is 4.80. The minimum absolute atomic E-state index is 0.156. The van der Waals surface area contributed by atoms with Gasteiger partial charge in [0, 0.05) is 22.6 Å². The molecule has 0 aliphatic carbocycles. The van der Waals surface area contributed by atoms with Crippen LogP contribution in [0.25, 0.3) is 11.6 Å². The van der Waals surface area contributed by atoms with Crippen molar-refractivity contribution in [3.05, 3.63) is 82.1 Å². The molecular formula is C22H23BBrNO4. The zero-order valence-corrected chi connectivity index (χ0v) is 17.5. The van der Waals surface area contributed by atoms with E-state index in [0.29, 0.717) is 30.3 Å². The predicted octanol–water partition coefficient (Wildman–Crippen LogP) is 4.22. The molecular weight excluding hydrogens is 433 g/mol. The molecule has 0 radical (unpaired) electrons. The summed E-state index contributed by atoms with van der Waals surface area (Å²) in [6.07, 6.45) is 6.67. The summed E-state index contributed by atoms with van der Waals surface area (Å²) in [5.41, 5.74) is 3.82. The van der Waals surface area contributed by atoms with Crippen molar-refractivity contribution < 1.29 is 19.9 Å². The summed E-state index contributed by atoms with van der Waals surface area (Å²) >= 11 is 3.44. The van der Waals surface area contributed by atoms with E-state index in [0.717, 1.165) is 21.3 Å². The van der Waals surface area contributed by atoms with E-state index in [1.54, 1.807) is 18.3 Å². The Labute approximate surface area is 179 Å². The summed E-state index contributed by atoms with van der Waals surface area (Å²) in [6, 6.07) is 10.9. The van der Waals surface area contributed by atoms with Crippen LogP contribution in [0.4, 0.5) is 0 Å². The molecule has 2 aromatic rings. The quantitative estimate of drug-likeness (QED) is 0.544. The van der Waals surface area contributed by atoms with Gasteiger partial charge in [0.15, 0.2) is 0 Å². The maximum Gasteiger partial charge on any atom is 0.458 e. The first-order valence-corrected chi connectivity index (χ1v) is 10.2. The second-order valence-corrected chi connectivity index (χ2v) is 7.78. The Kier molecular flexibility index (Phi) is 7.44. The SMILES string of the molecule is C=C(CO)C1=CCB(O)OC1CC/C(=C/c1cc(Br)ccc1O)c1ccccn1. The molecule has 150 valence electrons. The van der Waals surface area contributed by atoms with Crippen LogP contribution in [-0.4, -0.2) is 40.1 Å². The van der Waals surface area contributed by atoms with E-state index >= 15 is 0 Å². The highest BCUT2D eigenvalue weighted by Crippen LogP contribution is 2.32. The van der Waals surface area contributed by atoms with E-state index < -0.39 is 7.12 Å². The summed E-state index contributed by atoms with van der Waals surface area (Å²) in [7, 11) is -0.869. The van der Waals surface area contributed by atoms with Gasteiger partial charge in [-0.3, -0.25) is 4.98 Å². The first kappa shape index (κ1) is 21.5. The zero-order chi connectivity index (χ0) is 20.8.